The second kappa shape index (κ2) is 6.68. The van der Waals surface area contributed by atoms with Crippen molar-refractivity contribution in [2.24, 2.45) is 16.7 Å². The van der Waals surface area contributed by atoms with Gasteiger partial charge in [0.15, 0.2) is 0 Å². The summed E-state index contributed by atoms with van der Waals surface area (Å²) in [4.78, 5) is 30.5. The van der Waals surface area contributed by atoms with E-state index in [0.29, 0.717) is 11.8 Å². The van der Waals surface area contributed by atoms with E-state index >= 15 is 0 Å². The van der Waals surface area contributed by atoms with Crippen molar-refractivity contribution in [2.75, 3.05) is 26.2 Å². The van der Waals surface area contributed by atoms with E-state index in [-0.39, 0.29) is 11.3 Å². The molecule has 24 heavy (non-hydrogen) atoms. The average Bonchev–Trinajstić information content (AvgIpc) is 2.86. The molecule has 0 radical (unpaired) electrons. The Morgan fingerprint density at radius 1 is 0.792 bits per heavy atom. The van der Waals surface area contributed by atoms with Crippen LogP contribution >= 0.6 is 0 Å². The van der Waals surface area contributed by atoms with Gasteiger partial charge in [-0.15, -0.1) is 0 Å². The highest BCUT2D eigenvalue weighted by Crippen LogP contribution is 2.57. The minimum Gasteiger partial charge on any atom is -0.342 e. The van der Waals surface area contributed by atoms with E-state index < -0.39 is 5.41 Å². The SMILES string of the molecule is CC1(C)[C@H](C(=O)N2CCCCC2)CC[C@]1(C)C(=O)N1CCCCC1. The fourth-order valence-corrected chi connectivity index (χ4v) is 5.10. The molecule has 3 rings (SSSR count). The van der Waals surface area contributed by atoms with Crippen LogP contribution in [0, 0.1) is 16.7 Å². The summed E-state index contributed by atoms with van der Waals surface area (Å²) in [5.41, 5.74) is -0.670. The molecule has 2 amide bonds. The van der Waals surface area contributed by atoms with Crippen LogP contribution in [0.1, 0.15) is 72.1 Å². The van der Waals surface area contributed by atoms with Crippen LogP contribution in [-0.2, 0) is 9.59 Å². The molecule has 0 spiro atoms. The third kappa shape index (κ3) is 2.86. The first-order valence-corrected chi connectivity index (χ1v) is 9.96. The van der Waals surface area contributed by atoms with E-state index in [1.807, 2.05) is 0 Å². The summed E-state index contributed by atoms with van der Waals surface area (Å²) in [5, 5.41) is 0. The highest BCUT2D eigenvalue weighted by Gasteiger charge is 2.59. The predicted molar refractivity (Wildman–Crippen MR) is 95.5 cm³/mol. The van der Waals surface area contributed by atoms with E-state index in [1.165, 1.54) is 12.8 Å². The highest BCUT2D eigenvalue weighted by molar-refractivity contribution is 5.87. The minimum absolute atomic E-state index is 0.00524. The van der Waals surface area contributed by atoms with Gasteiger partial charge in [0, 0.05) is 32.1 Å². The summed E-state index contributed by atoms with van der Waals surface area (Å²) in [7, 11) is 0. The molecule has 0 unspecified atom stereocenters. The van der Waals surface area contributed by atoms with Crippen molar-refractivity contribution >= 4 is 11.8 Å². The Kier molecular flexibility index (Phi) is 4.94. The van der Waals surface area contributed by atoms with E-state index in [1.54, 1.807) is 0 Å². The van der Waals surface area contributed by atoms with Crippen molar-refractivity contribution in [3.63, 3.8) is 0 Å². The van der Waals surface area contributed by atoms with Gasteiger partial charge in [-0.25, -0.2) is 0 Å². The lowest BCUT2D eigenvalue weighted by atomic mass is 9.64. The summed E-state index contributed by atoms with van der Waals surface area (Å²) in [6.07, 6.45) is 8.68. The minimum atomic E-state index is -0.402. The quantitative estimate of drug-likeness (QED) is 0.776. The molecular formula is C20H34N2O2. The maximum absolute atomic E-state index is 13.3. The summed E-state index contributed by atoms with van der Waals surface area (Å²) in [6.45, 7) is 10.0. The highest BCUT2D eigenvalue weighted by atomic mass is 16.2. The zero-order valence-corrected chi connectivity index (χ0v) is 15.8. The second-order valence-electron chi connectivity index (χ2n) is 8.88. The summed E-state index contributed by atoms with van der Waals surface area (Å²) >= 11 is 0. The fraction of sp³-hybridized carbons (Fsp3) is 0.900. The first-order chi connectivity index (χ1) is 11.4. The van der Waals surface area contributed by atoms with Crippen LogP contribution in [0.25, 0.3) is 0 Å². The topological polar surface area (TPSA) is 40.6 Å². The third-order valence-corrected chi connectivity index (χ3v) is 7.31. The molecular weight excluding hydrogens is 300 g/mol. The van der Waals surface area contributed by atoms with Crippen LogP contribution in [0.2, 0.25) is 0 Å². The zero-order valence-electron chi connectivity index (χ0n) is 15.8. The maximum atomic E-state index is 13.3. The molecule has 4 nitrogen and oxygen atoms in total. The number of hydrogen-bond donors (Lipinski definition) is 0. The van der Waals surface area contributed by atoms with Gasteiger partial charge in [-0.05, 0) is 56.8 Å². The van der Waals surface area contributed by atoms with Crippen LogP contribution in [0.4, 0.5) is 0 Å². The normalized spacial score (nSPS) is 33.5. The van der Waals surface area contributed by atoms with Crippen molar-refractivity contribution in [3.05, 3.63) is 0 Å². The van der Waals surface area contributed by atoms with Crippen LogP contribution in [0.15, 0.2) is 0 Å². The Bertz CT molecular complexity index is 490. The summed E-state index contributed by atoms with van der Waals surface area (Å²) in [6, 6.07) is 0. The van der Waals surface area contributed by atoms with Gasteiger partial charge < -0.3 is 9.80 Å². The van der Waals surface area contributed by atoms with E-state index in [0.717, 1.165) is 64.7 Å². The van der Waals surface area contributed by atoms with Crippen LogP contribution in [-0.4, -0.2) is 47.8 Å². The predicted octanol–water partition coefficient (Wildman–Crippen LogP) is 3.45. The number of carbonyl (C=O) groups excluding carboxylic acids is 2. The van der Waals surface area contributed by atoms with Gasteiger partial charge in [0.05, 0.1) is 5.41 Å². The van der Waals surface area contributed by atoms with E-state index in [4.69, 9.17) is 0 Å². The van der Waals surface area contributed by atoms with Crippen molar-refractivity contribution in [2.45, 2.75) is 72.1 Å². The van der Waals surface area contributed by atoms with Gasteiger partial charge in [-0.2, -0.15) is 0 Å². The van der Waals surface area contributed by atoms with Crippen molar-refractivity contribution in [1.82, 2.24) is 9.80 Å². The summed E-state index contributed by atoms with van der Waals surface area (Å²) in [5.74, 6) is 0.588. The molecule has 1 saturated carbocycles. The number of carbonyl (C=O) groups is 2. The van der Waals surface area contributed by atoms with Crippen molar-refractivity contribution in [1.29, 1.82) is 0 Å². The number of rotatable bonds is 2. The Morgan fingerprint density at radius 2 is 1.29 bits per heavy atom. The molecule has 0 N–H and O–H groups in total. The Morgan fingerprint density at radius 3 is 1.83 bits per heavy atom. The molecule has 0 bridgehead atoms. The van der Waals surface area contributed by atoms with Crippen molar-refractivity contribution in [3.8, 4) is 0 Å². The molecule has 3 aliphatic rings. The second-order valence-corrected chi connectivity index (χ2v) is 8.88. The van der Waals surface area contributed by atoms with Crippen molar-refractivity contribution < 1.29 is 9.59 Å². The molecule has 2 saturated heterocycles. The first-order valence-electron chi connectivity index (χ1n) is 9.96. The number of hydrogen-bond acceptors (Lipinski definition) is 2. The first kappa shape index (κ1) is 17.8. The number of piperidine rings is 2. The largest absolute Gasteiger partial charge is 0.342 e. The molecule has 3 fully saturated rings. The van der Waals surface area contributed by atoms with Gasteiger partial charge in [-0.3, -0.25) is 9.59 Å². The molecule has 0 aromatic rings. The van der Waals surface area contributed by atoms with E-state index in [9.17, 15) is 9.59 Å². The molecule has 2 heterocycles. The molecule has 1 aliphatic carbocycles. The van der Waals surface area contributed by atoms with Gasteiger partial charge in [0.25, 0.3) is 0 Å². The Labute approximate surface area is 146 Å². The molecule has 2 aliphatic heterocycles. The number of nitrogens with zero attached hydrogens (tertiary/aromatic N) is 2. The standard InChI is InChI=1S/C20H34N2O2/c1-19(2)16(17(23)21-12-6-4-7-13-21)10-11-20(19,3)18(24)22-14-8-5-9-15-22/h16H,4-15H2,1-3H3/t16-,20+/m0/s1. The van der Waals surface area contributed by atoms with Gasteiger partial charge in [-0.1, -0.05) is 20.8 Å². The van der Waals surface area contributed by atoms with Gasteiger partial charge in [0.2, 0.25) is 11.8 Å². The summed E-state index contributed by atoms with van der Waals surface area (Å²) < 4.78 is 0. The molecule has 0 aromatic carbocycles. The van der Waals surface area contributed by atoms with Crippen LogP contribution < -0.4 is 0 Å². The third-order valence-electron chi connectivity index (χ3n) is 7.31. The Balaban J connectivity index is 1.76. The molecule has 0 aromatic heterocycles. The van der Waals surface area contributed by atoms with Gasteiger partial charge >= 0.3 is 0 Å². The fourth-order valence-electron chi connectivity index (χ4n) is 5.10. The monoisotopic (exact) mass is 334 g/mol. The number of likely N-dealkylation sites (tertiary alicyclic amines) is 2. The lowest BCUT2D eigenvalue weighted by molar-refractivity contribution is -0.151. The zero-order chi connectivity index (χ0) is 17.4. The van der Waals surface area contributed by atoms with Crippen LogP contribution in [0.3, 0.4) is 0 Å². The molecule has 4 heteroatoms. The molecule has 2 atom stereocenters. The smallest absolute Gasteiger partial charge is 0.229 e. The maximum Gasteiger partial charge on any atom is 0.229 e. The van der Waals surface area contributed by atoms with Crippen LogP contribution in [0.5, 0.6) is 0 Å². The molecule has 136 valence electrons. The lowest BCUT2D eigenvalue weighted by Gasteiger charge is -2.44. The van der Waals surface area contributed by atoms with Gasteiger partial charge in [0.1, 0.15) is 0 Å². The van der Waals surface area contributed by atoms with E-state index in [2.05, 4.69) is 30.6 Å². The number of amides is 2. The average molecular weight is 335 g/mol. The lowest BCUT2D eigenvalue weighted by Crippen LogP contribution is -2.52. The Hall–Kier alpha value is -1.06.